The predicted octanol–water partition coefficient (Wildman–Crippen LogP) is 11.6. The number of hydrogen-bond acceptors (Lipinski definition) is 4. The standard InChI is InChI=1S/C45H27N5/c1-46-34-20-11-18-32(26-34)39-28-40-36-22-9-8-21-35(36)38(27-41(40)37-23-12-24-47-42(37)39)31-17-10-19-33(25-31)45-49-43(29-13-4-2-5-14-29)48-44(50-45)30-15-6-3-7-16-30/h2-28H. The molecule has 9 aromatic rings. The van der Waals surface area contributed by atoms with Crippen molar-refractivity contribution in [1.29, 1.82) is 0 Å². The molecule has 0 bridgehead atoms. The van der Waals surface area contributed by atoms with E-state index in [-0.39, 0.29) is 0 Å². The minimum absolute atomic E-state index is 0.608. The monoisotopic (exact) mass is 637 g/mol. The third-order valence-corrected chi connectivity index (χ3v) is 9.15. The zero-order valence-corrected chi connectivity index (χ0v) is 26.8. The van der Waals surface area contributed by atoms with Gasteiger partial charge in [0, 0.05) is 33.8 Å². The van der Waals surface area contributed by atoms with E-state index in [0.29, 0.717) is 23.2 Å². The lowest BCUT2D eigenvalue weighted by atomic mass is 9.89. The molecular weight excluding hydrogens is 611 g/mol. The molecule has 9 rings (SSSR count). The second kappa shape index (κ2) is 12.2. The van der Waals surface area contributed by atoms with Gasteiger partial charge < -0.3 is 0 Å². The minimum atomic E-state index is 0.608. The summed E-state index contributed by atoms with van der Waals surface area (Å²) in [6.07, 6.45) is 1.84. The number of nitrogens with zero attached hydrogens (tertiary/aromatic N) is 5. The zero-order chi connectivity index (χ0) is 33.4. The lowest BCUT2D eigenvalue weighted by Crippen LogP contribution is -2.00. The van der Waals surface area contributed by atoms with Gasteiger partial charge in [-0.1, -0.05) is 127 Å². The third-order valence-electron chi connectivity index (χ3n) is 9.15. The molecule has 0 N–H and O–H groups in total. The number of pyridine rings is 1. The van der Waals surface area contributed by atoms with Gasteiger partial charge in [-0.3, -0.25) is 4.98 Å². The van der Waals surface area contributed by atoms with E-state index in [1.165, 1.54) is 0 Å². The molecule has 50 heavy (non-hydrogen) atoms. The van der Waals surface area contributed by atoms with Crippen LogP contribution in [0.1, 0.15) is 0 Å². The van der Waals surface area contributed by atoms with E-state index in [4.69, 9.17) is 26.5 Å². The maximum Gasteiger partial charge on any atom is 0.187 e. The summed E-state index contributed by atoms with van der Waals surface area (Å²) >= 11 is 0. The zero-order valence-electron chi connectivity index (χ0n) is 26.8. The molecule has 0 saturated heterocycles. The first-order valence-corrected chi connectivity index (χ1v) is 16.4. The summed E-state index contributed by atoms with van der Waals surface area (Å²) in [7, 11) is 0. The van der Waals surface area contributed by atoms with Crippen molar-refractivity contribution in [3.8, 4) is 56.4 Å². The van der Waals surface area contributed by atoms with Crippen LogP contribution >= 0.6 is 0 Å². The fraction of sp³-hybridized carbons (Fsp3) is 0. The Bertz CT molecular complexity index is 2710. The Hall–Kier alpha value is -7.03. The second-order valence-electron chi connectivity index (χ2n) is 12.2. The number of rotatable bonds is 5. The van der Waals surface area contributed by atoms with Crippen LogP contribution in [-0.4, -0.2) is 19.9 Å². The van der Waals surface area contributed by atoms with E-state index < -0.39 is 0 Å². The van der Waals surface area contributed by atoms with Crippen LogP contribution < -0.4 is 0 Å². The molecule has 0 aliphatic rings. The number of aromatic nitrogens is 4. The molecule has 5 nitrogen and oxygen atoms in total. The molecule has 0 spiro atoms. The van der Waals surface area contributed by atoms with E-state index in [9.17, 15) is 0 Å². The average Bonchev–Trinajstić information content (AvgIpc) is 3.20. The predicted molar refractivity (Wildman–Crippen MR) is 204 cm³/mol. The van der Waals surface area contributed by atoms with E-state index >= 15 is 0 Å². The summed E-state index contributed by atoms with van der Waals surface area (Å²) in [5.41, 5.74) is 8.46. The molecular formula is C45H27N5. The number of fused-ring (bicyclic) bond motifs is 5. The Kier molecular flexibility index (Phi) is 7.11. The van der Waals surface area contributed by atoms with Gasteiger partial charge in [-0.2, -0.15) is 0 Å². The lowest BCUT2D eigenvalue weighted by Gasteiger charge is -2.16. The van der Waals surface area contributed by atoms with Crippen LogP contribution in [-0.2, 0) is 0 Å². The fourth-order valence-electron chi connectivity index (χ4n) is 6.79. The Morgan fingerprint density at radius 2 is 0.900 bits per heavy atom. The normalized spacial score (nSPS) is 11.2. The molecule has 0 fully saturated rings. The van der Waals surface area contributed by atoms with Gasteiger partial charge in [-0.05, 0) is 68.6 Å². The molecule has 2 aromatic heterocycles. The molecule has 0 saturated carbocycles. The molecule has 0 amide bonds. The molecule has 0 aliphatic carbocycles. The lowest BCUT2D eigenvalue weighted by molar-refractivity contribution is 1.07. The first kappa shape index (κ1) is 29.1. The van der Waals surface area contributed by atoms with Crippen LogP contribution in [0.15, 0.2) is 164 Å². The summed E-state index contributed by atoms with van der Waals surface area (Å²) < 4.78 is 0. The summed E-state index contributed by atoms with van der Waals surface area (Å²) in [5, 5.41) is 5.62. The SMILES string of the molecule is [C-]#[N+]c1cccc(-c2cc3c4ccccc4c(-c4cccc(-c5nc(-c6ccccc6)nc(-c6ccccc6)n5)c4)cc3c3cccnc23)c1. The van der Waals surface area contributed by atoms with Gasteiger partial charge in [0.05, 0.1) is 12.1 Å². The van der Waals surface area contributed by atoms with Crippen molar-refractivity contribution in [3.63, 3.8) is 0 Å². The van der Waals surface area contributed by atoms with Gasteiger partial charge in [0.2, 0.25) is 0 Å². The van der Waals surface area contributed by atoms with Crippen molar-refractivity contribution in [2.45, 2.75) is 0 Å². The van der Waals surface area contributed by atoms with Crippen molar-refractivity contribution in [3.05, 3.63) is 175 Å². The third kappa shape index (κ3) is 5.13. The van der Waals surface area contributed by atoms with Crippen molar-refractivity contribution >= 4 is 38.1 Å². The molecule has 0 aliphatic heterocycles. The highest BCUT2D eigenvalue weighted by Crippen LogP contribution is 2.42. The van der Waals surface area contributed by atoms with Crippen molar-refractivity contribution < 1.29 is 0 Å². The minimum Gasteiger partial charge on any atom is -0.256 e. The first-order chi connectivity index (χ1) is 24.7. The van der Waals surface area contributed by atoms with Crippen LogP contribution in [0.2, 0.25) is 0 Å². The first-order valence-electron chi connectivity index (χ1n) is 16.4. The van der Waals surface area contributed by atoms with Gasteiger partial charge in [0.25, 0.3) is 0 Å². The average molecular weight is 638 g/mol. The van der Waals surface area contributed by atoms with Crippen molar-refractivity contribution in [2.24, 2.45) is 0 Å². The quantitative estimate of drug-likeness (QED) is 0.139. The van der Waals surface area contributed by atoms with Gasteiger partial charge in [-0.25, -0.2) is 19.8 Å². The van der Waals surface area contributed by atoms with Gasteiger partial charge >= 0.3 is 0 Å². The van der Waals surface area contributed by atoms with Gasteiger partial charge in [0.1, 0.15) is 0 Å². The fourth-order valence-corrected chi connectivity index (χ4v) is 6.79. The Balaban J connectivity index is 1.26. The van der Waals surface area contributed by atoms with E-state index in [1.807, 2.05) is 91.1 Å². The molecule has 5 heteroatoms. The largest absolute Gasteiger partial charge is 0.256 e. The maximum atomic E-state index is 7.58. The van der Waals surface area contributed by atoms with Crippen LogP contribution in [0.3, 0.4) is 0 Å². The molecule has 0 unspecified atom stereocenters. The number of hydrogen-bond donors (Lipinski definition) is 0. The Morgan fingerprint density at radius 1 is 0.380 bits per heavy atom. The highest BCUT2D eigenvalue weighted by molar-refractivity contribution is 6.23. The molecule has 0 atom stereocenters. The van der Waals surface area contributed by atoms with Crippen LogP contribution in [0.4, 0.5) is 5.69 Å². The van der Waals surface area contributed by atoms with E-state index in [0.717, 1.165) is 71.4 Å². The Labute approximate surface area is 289 Å². The van der Waals surface area contributed by atoms with E-state index in [1.54, 1.807) is 0 Å². The van der Waals surface area contributed by atoms with Crippen molar-refractivity contribution in [2.75, 3.05) is 0 Å². The smallest absolute Gasteiger partial charge is 0.187 e. The molecule has 7 aromatic carbocycles. The summed E-state index contributed by atoms with van der Waals surface area (Å²) in [6.45, 7) is 7.58. The Morgan fingerprint density at radius 3 is 1.60 bits per heavy atom. The highest BCUT2D eigenvalue weighted by Gasteiger charge is 2.17. The van der Waals surface area contributed by atoms with Crippen LogP contribution in [0.5, 0.6) is 0 Å². The van der Waals surface area contributed by atoms with Crippen LogP contribution in [0, 0.1) is 6.57 Å². The van der Waals surface area contributed by atoms with Gasteiger partial charge in [-0.15, -0.1) is 0 Å². The highest BCUT2D eigenvalue weighted by atomic mass is 15.0. The van der Waals surface area contributed by atoms with E-state index in [2.05, 4.69) is 77.6 Å². The number of benzene rings is 7. The van der Waals surface area contributed by atoms with Crippen LogP contribution in [0.25, 0.3) is 93.7 Å². The summed E-state index contributed by atoms with van der Waals surface area (Å²) in [6, 6.07) is 53.6. The van der Waals surface area contributed by atoms with Gasteiger partial charge in [0.15, 0.2) is 23.2 Å². The molecule has 232 valence electrons. The second-order valence-corrected chi connectivity index (χ2v) is 12.2. The molecule has 2 heterocycles. The molecule has 0 radical (unpaired) electrons. The maximum absolute atomic E-state index is 7.58. The summed E-state index contributed by atoms with van der Waals surface area (Å²) in [4.78, 5) is 23.4. The summed E-state index contributed by atoms with van der Waals surface area (Å²) in [5.74, 6) is 1.88. The topological polar surface area (TPSA) is 55.9 Å². The van der Waals surface area contributed by atoms with Crippen molar-refractivity contribution in [1.82, 2.24) is 19.9 Å².